The van der Waals surface area contributed by atoms with Crippen LogP contribution in [0.25, 0.3) is 11.1 Å². The number of nitrogens with zero attached hydrogens (tertiary/aromatic N) is 3. The average molecular weight is 643 g/mol. The Kier molecular flexibility index (Phi) is 17.8. The van der Waals surface area contributed by atoms with Crippen molar-refractivity contribution in [1.82, 2.24) is 15.0 Å². The summed E-state index contributed by atoms with van der Waals surface area (Å²) < 4.78 is 44.7. The highest BCUT2D eigenvalue weighted by Gasteiger charge is 2.36. The zero-order chi connectivity index (χ0) is 34.7. The topological polar surface area (TPSA) is 114 Å². The Labute approximate surface area is 269 Å². The van der Waals surface area contributed by atoms with Crippen molar-refractivity contribution in [2.24, 2.45) is 5.92 Å². The number of ether oxygens (including phenoxy) is 1. The quantitative estimate of drug-likeness (QED) is 0.145. The molecule has 8 nitrogen and oxygen atoms in total. The molecular formula is C35H45F3N4O4. The van der Waals surface area contributed by atoms with Crippen molar-refractivity contribution in [1.29, 1.82) is 0 Å². The summed E-state index contributed by atoms with van der Waals surface area (Å²) in [5, 5.41) is 9.49. The molecule has 2 heterocycles. The van der Waals surface area contributed by atoms with E-state index in [9.17, 15) is 22.8 Å². The van der Waals surface area contributed by atoms with E-state index in [1.807, 2.05) is 45.9 Å². The van der Waals surface area contributed by atoms with Gasteiger partial charge in [0.05, 0.1) is 5.57 Å². The Morgan fingerprint density at radius 2 is 1.67 bits per heavy atom. The van der Waals surface area contributed by atoms with Crippen LogP contribution in [0.3, 0.4) is 0 Å². The lowest BCUT2D eigenvalue weighted by molar-refractivity contribution is -0.115. The number of hydrogen-bond acceptors (Lipinski definition) is 7. The maximum atomic E-state index is 12.9. The minimum atomic E-state index is -4.69. The normalized spacial score (nSPS) is 15.7. The molecule has 1 aliphatic rings. The number of nitrogens with one attached hydrogen (secondary N) is 1. The fourth-order valence-electron chi connectivity index (χ4n) is 4.59. The number of amides is 1. The summed E-state index contributed by atoms with van der Waals surface area (Å²) in [6, 6.07) is 11.2. The van der Waals surface area contributed by atoms with Gasteiger partial charge in [-0.3, -0.25) is 9.78 Å². The van der Waals surface area contributed by atoms with Crippen LogP contribution in [0.5, 0.6) is 6.01 Å². The number of aliphatic hydroxyl groups excluding tert-OH is 1. The molecule has 1 aromatic carbocycles. The zero-order valence-corrected chi connectivity index (χ0v) is 27.4. The summed E-state index contributed by atoms with van der Waals surface area (Å²) in [4.78, 5) is 35.6. The smallest absolute Gasteiger partial charge is 0.416 e. The lowest BCUT2D eigenvalue weighted by Gasteiger charge is -2.27. The first-order chi connectivity index (χ1) is 22.0. The molecule has 2 N–H and O–H groups in total. The van der Waals surface area contributed by atoms with Gasteiger partial charge in [0, 0.05) is 54.6 Å². The molecule has 46 heavy (non-hydrogen) atoms. The Bertz CT molecular complexity index is 1390. The average Bonchev–Trinajstić information content (AvgIpc) is 3.05. The minimum Gasteiger partial charge on any atom is -0.460 e. The number of hydrogen-bond donors (Lipinski definition) is 2. The number of carbonyl (C=O) groups excluding carboxylic acids is 2. The van der Waals surface area contributed by atoms with Gasteiger partial charge in [-0.2, -0.15) is 13.2 Å². The highest BCUT2D eigenvalue weighted by molar-refractivity contribution is 6.07. The van der Waals surface area contributed by atoms with Gasteiger partial charge in [0.1, 0.15) is 12.4 Å². The van der Waals surface area contributed by atoms with Crippen molar-refractivity contribution in [3.8, 4) is 17.1 Å². The molecule has 0 spiro atoms. The fraction of sp³-hybridized carbons (Fsp3) is 0.400. The SMILES string of the molecule is C=C(/C(=C\C)C(=O)Nc1ccc(-c2cnc(OC3CCC(CC=O)CC3)nc2)c(C)c1)C(F)(F)F.CC.CO.Cc1ccccn1. The van der Waals surface area contributed by atoms with Crippen LogP contribution >= 0.6 is 0 Å². The van der Waals surface area contributed by atoms with E-state index in [0.717, 1.165) is 67.5 Å². The standard InChI is InChI=1S/C26H28F3N3O3.C6H7N.C2H6.CH4O/c1-4-22(17(3)26(27,28)29)24(34)32-20-7-10-23(16(2)13-20)19-14-30-25(31-15-19)35-21-8-5-18(6-9-21)11-12-33;1-6-4-2-3-5-7-6;2*1-2/h4,7,10,12-15,18,21H,3,5-6,8-9,11H2,1-2H3,(H,32,34);2-5H,1H3;1-2H3;2H,1H3/b22-4+;;;. The Morgan fingerprint density at radius 1 is 1.04 bits per heavy atom. The summed E-state index contributed by atoms with van der Waals surface area (Å²) in [5.74, 6) is -0.452. The van der Waals surface area contributed by atoms with Gasteiger partial charge in [-0.1, -0.05) is 38.6 Å². The van der Waals surface area contributed by atoms with Gasteiger partial charge in [0.25, 0.3) is 5.91 Å². The molecule has 0 atom stereocenters. The number of aryl methyl sites for hydroxylation is 2. The van der Waals surface area contributed by atoms with E-state index in [-0.39, 0.29) is 12.1 Å². The molecule has 250 valence electrons. The number of aliphatic hydroxyl groups is 1. The molecule has 1 aliphatic carbocycles. The predicted octanol–water partition coefficient (Wildman–Crippen LogP) is 8.01. The monoisotopic (exact) mass is 642 g/mol. The lowest BCUT2D eigenvalue weighted by atomic mass is 9.86. The van der Waals surface area contributed by atoms with Crippen molar-refractivity contribution in [2.45, 2.75) is 79.0 Å². The number of alkyl halides is 3. The first-order valence-electron chi connectivity index (χ1n) is 15.1. The van der Waals surface area contributed by atoms with Crippen LogP contribution in [-0.4, -0.2) is 51.6 Å². The van der Waals surface area contributed by atoms with Crippen LogP contribution in [0.2, 0.25) is 0 Å². The molecule has 0 bridgehead atoms. The van der Waals surface area contributed by atoms with E-state index < -0.39 is 23.2 Å². The number of carbonyl (C=O) groups is 2. The van der Waals surface area contributed by atoms with Crippen LogP contribution in [0.1, 0.15) is 64.1 Å². The maximum Gasteiger partial charge on any atom is 0.416 e. The Balaban J connectivity index is 0.000000825. The van der Waals surface area contributed by atoms with E-state index >= 15 is 0 Å². The molecule has 1 amide bonds. The molecule has 2 aromatic heterocycles. The summed E-state index contributed by atoms with van der Waals surface area (Å²) >= 11 is 0. The van der Waals surface area contributed by atoms with Gasteiger partial charge in [0.2, 0.25) is 0 Å². The van der Waals surface area contributed by atoms with Crippen LogP contribution in [-0.2, 0) is 9.59 Å². The number of pyridine rings is 1. The molecule has 1 fully saturated rings. The predicted molar refractivity (Wildman–Crippen MR) is 175 cm³/mol. The molecule has 11 heteroatoms. The first kappa shape index (κ1) is 39.6. The Hall–Kier alpha value is -4.38. The van der Waals surface area contributed by atoms with Crippen molar-refractivity contribution < 1.29 is 32.6 Å². The number of anilines is 1. The second-order valence-electron chi connectivity index (χ2n) is 10.1. The lowest BCUT2D eigenvalue weighted by Crippen LogP contribution is -2.25. The molecular weight excluding hydrogens is 597 g/mol. The van der Waals surface area contributed by atoms with Crippen LogP contribution in [0.4, 0.5) is 18.9 Å². The third-order valence-corrected chi connectivity index (χ3v) is 6.93. The number of rotatable bonds is 8. The third-order valence-electron chi connectivity index (χ3n) is 6.93. The summed E-state index contributed by atoms with van der Waals surface area (Å²) in [6.45, 7) is 12.1. The molecule has 0 aliphatic heterocycles. The van der Waals surface area contributed by atoms with E-state index in [0.29, 0.717) is 18.0 Å². The first-order valence-corrected chi connectivity index (χ1v) is 15.1. The second kappa shape index (κ2) is 20.6. The fourth-order valence-corrected chi connectivity index (χ4v) is 4.59. The number of benzene rings is 1. The highest BCUT2D eigenvalue weighted by atomic mass is 19.4. The van der Waals surface area contributed by atoms with Crippen LogP contribution < -0.4 is 10.1 Å². The molecule has 0 radical (unpaired) electrons. The van der Waals surface area contributed by atoms with Crippen LogP contribution in [0, 0.1) is 19.8 Å². The molecule has 3 aromatic rings. The van der Waals surface area contributed by atoms with Gasteiger partial charge < -0.3 is 20.0 Å². The third kappa shape index (κ3) is 12.9. The summed E-state index contributed by atoms with van der Waals surface area (Å²) in [5.41, 5.74) is 2.04. The van der Waals surface area contributed by atoms with Gasteiger partial charge in [-0.05, 0) is 87.8 Å². The van der Waals surface area contributed by atoms with Crippen molar-refractivity contribution in [2.75, 3.05) is 12.4 Å². The van der Waals surface area contributed by atoms with Gasteiger partial charge in [-0.15, -0.1) is 0 Å². The van der Waals surface area contributed by atoms with E-state index in [1.54, 1.807) is 36.8 Å². The van der Waals surface area contributed by atoms with Gasteiger partial charge >= 0.3 is 12.2 Å². The zero-order valence-electron chi connectivity index (χ0n) is 27.4. The summed E-state index contributed by atoms with van der Waals surface area (Å²) in [7, 11) is 1.00. The Morgan fingerprint density at radius 3 is 2.13 bits per heavy atom. The number of aromatic nitrogens is 3. The maximum absolute atomic E-state index is 12.9. The highest BCUT2D eigenvalue weighted by Crippen LogP contribution is 2.32. The van der Waals surface area contributed by atoms with Crippen molar-refractivity contribution in [3.63, 3.8) is 0 Å². The summed E-state index contributed by atoms with van der Waals surface area (Å²) in [6.07, 6.45) is 6.70. The van der Waals surface area contributed by atoms with E-state index in [2.05, 4.69) is 26.8 Å². The number of halogens is 3. The van der Waals surface area contributed by atoms with E-state index in [1.165, 1.54) is 6.92 Å². The largest absolute Gasteiger partial charge is 0.460 e. The van der Waals surface area contributed by atoms with E-state index in [4.69, 9.17) is 9.84 Å². The van der Waals surface area contributed by atoms with Crippen LogP contribution in [0.15, 0.2) is 78.8 Å². The molecule has 1 saturated carbocycles. The minimum absolute atomic E-state index is 0.0314. The molecule has 4 rings (SSSR count). The van der Waals surface area contributed by atoms with Crippen molar-refractivity contribution in [3.05, 3.63) is 90.0 Å². The van der Waals surface area contributed by atoms with Crippen molar-refractivity contribution >= 4 is 17.9 Å². The number of aldehydes is 1. The van der Waals surface area contributed by atoms with Gasteiger partial charge in [-0.25, -0.2) is 9.97 Å². The molecule has 0 saturated heterocycles. The second-order valence-corrected chi connectivity index (χ2v) is 10.1. The van der Waals surface area contributed by atoms with Gasteiger partial charge in [0.15, 0.2) is 0 Å². The number of allylic oxidation sites excluding steroid dienone is 1. The molecule has 0 unspecified atom stereocenters.